The molecule has 1 nitrogen and oxygen atoms in total. The number of benzene rings is 1. The zero-order valence-corrected chi connectivity index (χ0v) is 9.83. The van der Waals surface area contributed by atoms with E-state index in [1.54, 1.807) is 0 Å². The molecule has 0 bridgehead atoms. The van der Waals surface area contributed by atoms with Gasteiger partial charge < -0.3 is 5.32 Å². The van der Waals surface area contributed by atoms with Gasteiger partial charge in [0, 0.05) is 0 Å². The standard InChI is InChI=1S/C11H15Cl2N/c1-2-14-7-3-4-9-5-6-10(12)11(13)8-9/h5-6,8,14H,2-4,7H2,1H3. The Balaban J connectivity index is 2.39. The smallest absolute Gasteiger partial charge is 0.0595 e. The number of rotatable bonds is 5. The number of halogens is 2. The minimum absolute atomic E-state index is 0.627. The van der Waals surface area contributed by atoms with Gasteiger partial charge in [-0.05, 0) is 43.6 Å². The Morgan fingerprint density at radius 1 is 1.21 bits per heavy atom. The summed E-state index contributed by atoms with van der Waals surface area (Å²) >= 11 is 11.7. The molecule has 0 atom stereocenters. The molecule has 0 radical (unpaired) electrons. The molecule has 0 saturated carbocycles. The summed E-state index contributed by atoms with van der Waals surface area (Å²) in [6.45, 7) is 4.19. The van der Waals surface area contributed by atoms with Gasteiger partial charge in [-0.3, -0.25) is 0 Å². The molecule has 0 amide bonds. The van der Waals surface area contributed by atoms with E-state index in [2.05, 4.69) is 12.2 Å². The number of aryl methyl sites for hydroxylation is 1. The highest BCUT2D eigenvalue weighted by Crippen LogP contribution is 2.22. The third kappa shape index (κ3) is 3.87. The van der Waals surface area contributed by atoms with Gasteiger partial charge in [-0.25, -0.2) is 0 Å². The molecule has 0 aliphatic heterocycles. The topological polar surface area (TPSA) is 12.0 Å². The van der Waals surface area contributed by atoms with Gasteiger partial charge in [-0.15, -0.1) is 0 Å². The van der Waals surface area contributed by atoms with Crippen LogP contribution in [0.25, 0.3) is 0 Å². The van der Waals surface area contributed by atoms with Gasteiger partial charge in [-0.1, -0.05) is 36.2 Å². The van der Waals surface area contributed by atoms with Gasteiger partial charge in [0.2, 0.25) is 0 Å². The fourth-order valence-corrected chi connectivity index (χ4v) is 1.61. The van der Waals surface area contributed by atoms with E-state index in [1.165, 1.54) is 5.56 Å². The number of hydrogen-bond donors (Lipinski definition) is 1. The lowest BCUT2D eigenvalue weighted by Crippen LogP contribution is -2.14. The Morgan fingerprint density at radius 3 is 2.64 bits per heavy atom. The van der Waals surface area contributed by atoms with E-state index in [4.69, 9.17) is 23.2 Å². The van der Waals surface area contributed by atoms with Crippen molar-refractivity contribution in [3.05, 3.63) is 33.8 Å². The van der Waals surface area contributed by atoms with E-state index in [1.807, 2.05) is 18.2 Å². The SMILES string of the molecule is CCNCCCc1ccc(Cl)c(Cl)c1. The first kappa shape index (κ1) is 11.8. The molecule has 0 aliphatic carbocycles. The highest BCUT2D eigenvalue weighted by Gasteiger charge is 1.98. The summed E-state index contributed by atoms with van der Waals surface area (Å²) in [5, 5.41) is 4.56. The van der Waals surface area contributed by atoms with E-state index in [0.717, 1.165) is 25.9 Å². The van der Waals surface area contributed by atoms with E-state index < -0.39 is 0 Å². The Labute approximate surface area is 95.4 Å². The average Bonchev–Trinajstić information content (AvgIpc) is 2.18. The van der Waals surface area contributed by atoms with Crippen molar-refractivity contribution in [3.8, 4) is 0 Å². The summed E-state index contributed by atoms with van der Waals surface area (Å²) in [6, 6.07) is 5.82. The van der Waals surface area contributed by atoms with Crippen molar-refractivity contribution in [1.29, 1.82) is 0 Å². The zero-order valence-electron chi connectivity index (χ0n) is 8.32. The van der Waals surface area contributed by atoms with Crippen LogP contribution in [0.5, 0.6) is 0 Å². The molecule has 0 aromatic heterocycles. The van der Waals surface area contributed by atoms with Crippen LogP contribution in [-0.2, 0) is 6.42 Å². The first-order valence-corrected chi connectivity index (χ1v) is 5.64. The second kappa shape index (κ2) is 6.28. The Morgan fingerprint density at radius 2 is 2.00 bits per heavy atom. The largest absolute Gasteiger partial charge is 0.317 e. The lowest BCUT2D eigenvalue weighted by atomic mass is 10.1. The van der Waals surface area contributed by atoms with Gasteiger partial charge in [0.05, 0.1) is 10.0 Å². The summed E-state index contributed by atoms with van der Waals surface area (Å²) in [4.78, 5) is 0. The van der Waals surface area contributed by atoms with Crippen molar-refractivity contribution in [2.75, 3.05) is 13.1 Å². The van der Waals surface area contributed by atoms with E-state index in [-0.39, 0.29) is 0 Å². The van der Waals surface area contributed by atoms with Crippen molar-refractivity contribution in [2.45, 2.75) is 19.8 Å². The van der Waals surface area contributed by atoms with Crippen LogP contribution in [-0.4, -0.2) is 13.1 Å². The van der Waals surface area contributed by atoms with Gasteiger partial charge in [-0.2, -0.15) is 0 Å². The molecule has 0 unspecified atom stereocenters. The first-order chi connectivity index (χ1) is 6.74. The monoisotopic (exact) mass is 231 g/mol. The summed E-state index contributed by atoms with van der Waals surface area (Å²) in [7, 11) is 0. The molecular formula is C11H15Cl2N. The van der Waals surface area contributed by atoms with Crippen LogP contribution in [0.2, 0.25) is 10.0 Å². The highest BCUT2D eigenvalue weighted by molar-refractivity contribution is 6.42. The second-order valence-corrected chi connectivity index (χ2v) is 4.02. The van der Waals surface area contributed by atoms with Crippen LogP contribution in [0.1, 0.15) is 18.9 Å². The highest BCUT2D eigenvalue weighted by atomic mass is 35.5. The summed E-state index contributed by atoms with van der Waals surface area (Å²) in [5.74, 6) is 0. The Kier molecular flexibility index (Phi) is 5.31. The van der Waals surface area contributed by atoms with Gasteiger partial charge in [0.25, 0.3) is 0 Å². The van der Waals surface area contributed by atoms with Crippen molar-refractivity contribution < 1.29 is 0 Å². The predicted molar refractivity (Wildman–Crippen MR) is 63.3 cm³/mol. The van der Waals surface area contributed by atoms with Crippen LogP contribution in [0, 0.1) is 0 Å². The molecule has 0 aliphatic rings. The molecule has 14 heavy (non-hydrogen) atoms. The molecule has 1 rings (SSSR count). The van der Waals surface area contributed by atoms with Crippen molar-refractivity contribution in [3.63, 3.8) is 0 Å². The average molecular weight is 232 g/mol. The maximum absolute atomic E-state index is 5.91. The first-order valence-electron chi connectivity index (χ1n) is 4.88. The summed E-state index contributed by atoms with van der Waals surface area (Å²) < 4.78 is 0. The fourth-order valence-electron chi connectivity index (χ4n) is 1.29. The van der Waals surface area contributed by atoms with Gasteiger partial charge in [0.1, 0.15) is 0 Å². The summed E-state index contributed by atoms with van der Waals surface area (Å²) in [5.41, 5.74) is 1.25. The normalized spacial score (nSPS) is 10.5. The third-order valence-corrected chi connectivity index (χ3v) is 2.79. The van der Waals surface area contributed by atoms with Crippen LogP contribution >= 0.6 is 23.2 Å². The van der Waals surface area contributed by atoms with E-state index in [9.17, 15) is 0 Å². The van der Waals surface area contributed by atoms with Gasteiger partial charge >= 0.3 is 0 Å². The molecule has 0 fully saturated rings. The number of hydrogen-bond acceptors (Lipinski definition) is 1. The fraction of sp³-hybridized carbons (Fsp3) is 0.455. The van der Waals surface area contributed by atoms with Crippen molar-refractivity contribution >= 4 is 23.2 Å². The number of nitrogens with one attached hydrogen (secondary N) is 1. The molecule has 1 aromatic carbocycles. The maximum Gasteiger partial charge on any atom is 0.0595 e. The molecule has 78 valence electrons. The third-order valence-electron chi connectivity index (χ3n) is 2.05. The molecule has 0 heterocycles. The van der Waals surface area contributed by atoms with E-state index in [0.29, 0.717) is 10.0 Å². The van der Waals surface area contributed by atoms with Crippen LogP contribution < -0.4 is 5.32 Å². The summed E-state index contributed by atoms with van der Waals surface area (Å²) in [6.07, 6.45) is 2.18. The predicted octanol–water partition coefficient (Wildman–Crippen LogP) is 3.54. The lowest BCUT2D eigenvalue weighted by Gasteiger charge is -2.03. The van der Waals surface area contributed by atoms with Crippen molar-refractivity contribution in [1.82, 2.24) is 5.32 Å². The Bertz CT molecular complexity index is 287. The lowest BCUT2D eigenvalue weighted by molar-refractivity contribution is 0.673. The quantitative estimate of drug-likeness (QED) is 0.765. The van der Waals surface area contributed by atoms with Crippen LogP contribution in [0.3, 0.4) is 0 Å². The molecule has 0 spiro atoms. The minimum atomic E-state index is 0.627. The minimum Gasteiger partial charge on any atom is -0.317 e. The zero-order chi connectivity index (χ0) is 10.4. The van der Waals surface area contributed by atoms with Crippen molar-refractivity contribution in [2.24, 2.45) is 0 Å². The van der Waals surface area contributed by atoms with Crippen LogP contribution in [0.15, 0.2) is 18.2 Å². The molecule has 1 N–H and O–H groups in total. The maximum atomic E-state index is 5.91. The molecule has 0 saturated heterocycles. The van der Waals surface area contributed by atoms with E-state index >= 15 is 0 Å². The molecular weight excluding hydrogens is 217 g/mol. The molecule has 1 aromatic rings. The van der Waals surface area contributed by atoms with Gasteiger partial charge in [0.15, 0.2) is 0 Å². The second-order valence-electron chi connectivity index (χ2n) is 3.21. The Hall–Kier alpha value is -0.240. The van der Waals surface area contributed by atoms with Crippen LogP contribution in [0.4, 0.5) is 0 Å². The molecule has 3 heteroatoms.